The monoisotopic (exact) mass is 504 g/mol. The highest BCUT2D eigenvalue weighted by Crippen LogP contribution is 2.48. The van der Waals surface area contributed by atoms with E-state index in [0.29, 0.717) is 13.2 Å². The zero-order valence-corrected chi connectivity index (χ0v) is 22.9. The van der Waals surface area contributed by atoms with Gasteiger partial charge in [0.1, 0.15) is 20.3 Å². The van der Waals surface area contributed by atoms with Crippen LogP contribution in [-0.4, -0.2) is 14.0 Å². The molecule has 0 aliphatic carbocycles. The van der Waals surface area contributed by atoms with Gasteiger partial charge >= 0.3 is 5.97 Å². The number of fused-ring (bicyclic) bond motifs is 6. The maximum absolute atomic E-state index is 12.8. The van der Waals surface area contributed by atoms with Crippen molar-refractivity contribution >= 4 is 24.4 Å². The average Bonchev–Trinajstić information content (AvgIpc) is 3.28. The van der Waals surface area contributed by atoms with E-state index in [1.807, 2.05) is 24.3 Å². The lowest BCUT2D eigenvalue weighted by Crippen LogP contribution is -2.63. The van der Waals surface area contributed by atoms with Gasteiger partial charge in [0.05, 0.1) is 13.0 Å². The Morgan fingerprint density at radius 1 is 0.811 bits per heavy atom. The summed E-state index contributed by atoms with van der Waals surface area (Å²) in [5, 5.41) is 2.75. The number of ether oxygens (including phenoxy) is 2. The van der Waals surface area contributed by atoms with Gasteiger partial charge in [-0.1, -0.05) is 109 Å². The second-order valence-electron chi connectivity index (χ2n) is 11.0. The maximum atomic E-state index is 12.8. The highest BCUT2D eigenvalue weighted by Gasteiger charge is 2.52. The lowest BCUT2D eigenvalue weighted by Gasteiger charge is -2.44. The van der Waals surface area contributed by atoms with Crippen LogP contribution < -0.4 is 10.4 Å². The number of hydrogen-bond donors (Lipinski definition) is 0. The minimum atomic E-state index is -2.07. The molecular formula is C33H32O3Si. The minimum absolute atomic E-state index is 0.204. The molecule has 4 aromatic rings. The van der Waals surface area contributed by atoms with Gasteiger partial charge < -0.3 is 9.47 Å². The van der Waals surface area contributed by atoms with Gasteiger partial charge in [-0.05, 0) is 57.6 Å². The summed E-state index contributed by atoms with van der Waals surface area (Å²) in [6.45, 7) is 9.93. The molecule has 1 atom stereocenters. The Morgan fingerprint density at radius 3 is 2.24 bits per heavy atom. The standard InChI is InChI=1S/C33H32O3Si/c1-22-9-12-24(13-10-22)20-35-32(34)19-25-14-16-29-31(18-25)37(3,4)30-17-23(2)11-15-28(30)33(29)27-8-6-5-7-26(27)21-36-33/h5-18H,19-21H2,1-4H3. The second-order valence-corrected chi connectivity index (χ2v) is 15.3. The summed E-state index contributed by atoms with van der Waals surface area (Å²) in [6.07, 6.45) is 0.259. The largest absolute Gasteiger partial charge is 0.461 e. The van der Waals surface area contributed by atoms with Crippen molar-refractivity contribution in [2.24, 2.45) is 0 Å². The molecule has 37 heavy (non-hydrogen) atoms. The molecule has 2 heterocycles. The van der Waals surface area contributed by atoms with E-state index in [-0.39, 0.29) is 12.4 Å². The molecule has 0 N–H and O–H groups in total. The van der Waals surface area contributed by atoms with Crippen LogP contribution in [0.5, 0.6) is 0 Å². The first-order valence-electron chi connectivity index (χ1n) is 13.0. The van der Waals surface area contributed by atoms with E-state index in [4.69, 9.17) is 9.47 Å². The summed E-state index contributed by atoms with van der Waals surface area (Å²) in [4.78, 5) is 12.8. The molecule has 6 rings (SSSR count). The number of rotatable bonds is 4. The Bertz CT molecular complexity index is 1520. The van der Waals surface area contributed by atoms with E-state index in [9.17, 15) is 4.79 Å². The fourth-order valence-electron chi connectivity index (χ4n) is 6.06. The van der Waals surface area contributed by atoms with Gasteiger partial charge in [-0.3, -0.25) is 4.79 Å². The predicted octanol–water partition coefficient (Wildman–Crippen LogP) is 5.55. The first kappa shape index (κ1) is 23.9. The molecule has 2 aliphatic rings. The fourth-order valence-corrected chi connectivity index (χ4v) is 9.35. The number of aryl methyl sites for hydroxylation is 2. The molecule has 0 saturated heterocycles. The van der Waals surface area contributed by atoms with Gasteiger partial charge in [-0.25, -0.2) is 0 Å². The van der Waals surface area contributed by atoms with E-state index in [1.165, 1.54) is 43.8 Å². The highest BCUT2D eigenvalue weighted by molar-refractivity contribution is 7.01. The smallest absolute Gasteiger partial charge is 0.310 e. The van der Waals surface area contributed by atoms with Gasteiger partial charge in [-0.2, -0.15) is 0 Å². The molecule has 4 heteroatoms. The van der Waals surface area contributed by atoms with Crippen LogP contribution in [0.1, 0.15) is 44.5 Å². The number of hydrogen-bond acceptors (Lipinski definition) is 3. The Hall–Kier alpha value is -3.47. The lowest BCUT2D eigenvalue weighted by molar-refractivity contribution is -0.144. The van der Waals surface area contributed by atoms with Crippen LogP contribution in [0.25, 0.3) is 0 Å². The fraction of sp³-hybridized carbons (Fsp3) is 0.242. The SMILES string of the molecule is Cc1ccc(COC(=O)Cc2ccc3c(c2)[Si](C)(C)c2cc(C)ccc2C32OCc3ccccc32)cc1. The number of esters is 1. The minimum Gasteiger partial charge on any atom is -0.461 e. The topological polar surface area (TPSA) is 35.5 Å². The van der Waals surface area contributed by atoms with E-state index < -0.39 is 13.7 Å². The van der Waals surface area contributed by atoms with Gasteiger partial charge in [0.2, 0.25) is 0 Å². The molecular weight excluding hydrogens is 472 g/mol. The first-order valence-corrected chi connectivity index (χ1v) is 16.0. The van der Waals surface area contributed by atoms with Crippen molar-refractivity contribution in [3.05, 3.63) is 129 Å². The summed E-state index contributed by atoms with van der Waals surface area (Å²) in [7, 11) is -2.07. The van der Waals surface area contributed by atoms with Gasteiger partial charge in [0.25, 0.3) is 0 Å². The number of carbonyl (C=O) groups is 1. The second kappa shape index (κ2) is 8.82. The normalized spacial score (nSPS) is 18.7. The molecule has 2 aliphatic heterocycles. The molecule has 0 fully saturated rings. The molecule has 1 spiro atoms. The summed E-state index contributed by atoms with van der Waals surface area (Å²) in [5.74, 6) is -0.204. The van der Waals surface area contributed by atoms with Crippen molar-refractivity contribution in [2.45, 2.75) is 52.2 Å². The van der Waals surface area contributed by atoms with Crippen LogP contribution >= 0.6 is 0 Å². The molecule has 3 nitrogen and oxygen atoms in total. The van der Waals surface area contributed by atoms with Crippen molar-refractivity contribution in [1.82, 2.24) is 0 Å². The van der Waals surface area contributed by atoms with Crippen LogP contribution in [0.3, 0.4) is 0 Å². The van der Waals surface area contributed by atoms with Gasteiger partial charge in [-0.15, -0.1) is 0 Å². The van der Waals surface area contributed by atoms with Crippen LogP contribution in [0.2, 0.25) is 13.1 Å². The number of benzene rings is 4. The molecule has 186 valence electrons. The summed E-state index contributed by atoms with van der Waals surface area (Å²) in [6, 6.07) is 30.1. The molecule has 0 bridgehead atoms. The van der Waals surface area contributed by atoms with Crippen molar-refractivity contribution in [3.63, 3.8) is 0 Å². The Morgan fingerprint density at radius 2 is 1.46 bits per heavy atom. The average molecular weight is 505 g/mol. The molecule has 4 aromatic carbocycles. The molecule has 0 aromatic heterocycles. The molecule has 0 radical (unpaired) electrons. The third kappa shape index (κ3) is 3.87. The summed E-state index contributed by atoms with van der Waals surface area (Å²) in [5.41, 5.74) is 8.82. The van der Waals surface area contributed by atoms with E-state index in [1.54, 1.807) is 0 Å². The predicted molar refractivity (Wildman–Crippen MR) is 150 cm³/mol. The zero-order valence-electron chi connectivity index (χ0n) is 21.9. The molecule has 1 unspecified atom stereocenters. The Labute approximate surface area is 220 Å². The summed E-state index contributed by atoms with van der Waals surface area (Å²) >= 11 is 0. The van der Waals surface area contributed by atoms with E-state index in [2.05, 4.69) is 87.6 Å². The van der Waals surface area contributed by atoms with E-state index in [0.717, 1.165) is 11.1 Å². The van der Waals surface area contributed by atoms with Crippen LogP contribution in [-0.2, 0) is 39.5 Å². The van der Waals surface area contributed by atoms with Crippen LogP contribution in [0.15, 0.2) is 84.9 Å². The quantitative estimate of drug-likeness (QED) is 0.270. The highest BCUT2D eigenvalue weighted by atomic mass is 28.3. The zero-order chi connectivity index (χ0) is 25.8. The lowest BCUT2D eigenvalue weighted by atomic mass is 9.79. The molecule has 0 amide bonds. The Balaban J connectivity index is 1.39. The van der Waals surface area contributed by atoms with Gasteiger partial charge in [0.15, 0.2) is 0 Å². The molecule has 0 saturated carbocycles. The van der Waals surface area contributed by atoms with Crippen molar-refractivity contribution in [2.75, 3.05) is 0 Å². The first-order chi connectivity index (χ1) is 17.8. The third-order valence-electron chi connectivity index (χ3n) is 8.07. The summed E-state index contributed by atoms with van der Waals surface area (Å²) < 4.78 is 12.4. The van der Waals surface area contributed by atoms with Crippen LogP contribution in [0, 0.1) is 13.8 Å². The Kier molecular flexibility index (Phi) is 5.70. The van der Waals surface area contributed by atoms with Crippen molar-refractivity contribution in [3.8, 4) is 0 Å². The van der Waals surface area contributed by atoms with Crippen molar-refractivity contribution in [1.29, 1.82) is 0 Å². The van der Waals surface area contributed by atoms with Gasteiger partial charge in [0, 0.05) is 0 Å². The van der Waals surface area contributed by atoms with Crippen molar-refractivity contribution < 1.29 is 14.3 Å². The third-order valence-corrected chi connectivity index (χ3v) is 11.6. The van der Waals surface area contributed by atoms with Crippen LogP contribution in [0.4, 0.5) is 0 Å². The maximum Gasteiger partial charge on any atom is 0.310 e. The van der Waals surface area contributed by atoms with E-state index >= 15 is 0 Å². The number of carbonyl (C=O) groups excluding carboxylic acids is 1.